The molecule has 0 bridgehead atoms. The Morgan fingerprint density at radius 2 is 1.72 bits per heavy atom. The standard InChI is InChI=1S/C22H25N3O3S/c1-15-10-20(29(23,27)28)12-21(16(15)2)24-22(26)14-25(3)13-17-8-9-18-6-4-5-7-19(18)11-17/h4-12H,13-14H2,1-3H3,(H,24,26)(H2,23,27,28). The van der Waals surface area contributed by atoms with Crippen molar-refractivity contribution >= 4 is 32.4 Å². The number of anilines is 1. The van der Waals surface area contributed by atoms with Gasteiger partial charge in [0.25, 0.3) is 0 Å². The number of primary sulfonamides is 1. The first-order valence-electron chi connectivity index (χ1n) is 9.23. The Morgan fingerprint density at radius 1 is 1.03 bits per heavy atom. The van der Waals surface area contributed by atoms with Gasteiger partial charge in [0.05, 0.1) is 11.4 Å². The summed E-state index contributed by atoms with van der Waals surface area (Å²) >= 11 is 0. The summed E-state index contributed by atoms with van der Waals surface area (Å²) in [7, 11) is -1.98. The van der Waals surface area contributed by atoms with Gasteiger partial charge in [-0.05, 0) is 66.6 Å². The van der Waals surface area contributed by atoms with Gasteiger partial charge in [0.15, 0.2) is 0 Å². The summed E-state index contributed by atoms with van der Waals surface area (Å²) in [5.41, 5.74) is 3.12. The van der Waals surface area contributed by atoms with E-state index in [1.807, 2.05) is 31.0 Å². The predicted octanol–water partition coefficient (Wildman–Crippen LogP) is 3.17. The molecule has 3 N–H and O–H groups in total. The van der Waals surface area contributed by atoms with E-state index in [2.05, 4.69) is 35.6 Å². The van der Waals surface area contributed by atoms with E-state index >= 15 is 0 Å². The number of rotatable bonds is 6. The fourth-order valence-electron chi connectivity index (χ4n) is 3.26. The van der Waals surface area contributed by atoms with Crippen LogP contribution < -0.4 is 10.5 Å². The minimum atomic E-state index is -3.84. The Kier molecular flexibility index (Phi) is 6.02. The fraction of sp³-hybridized carbons (Fsp3) is 0.227. The lowest BCUT2D eigenvalue weighted by molar-refractivity contribution is -0.117. The van der Waals surface area contributed by atoms with Gasteiger partial charge < -0.3 is 5.32 Å². The zero-order chi connectivity index (χ0) is 21.2. The van der Waals surface area contributed by atoms with Crippen LogP contribution >= 0.6 is 0 Å². The topological polar surface area (TPSA) is 92.5 Å². The molecule has 0 fully saturated rings. The second-order valence-corrected chi connectivity index (χ2v) is 8.92. The molecule has 3 aromatic carbocycles. The molecule has 3 rings (SSSR count). The van der Waals surface area contributed by atoms with Crippen molar-refractivity contribution in [3.63, 3.8) is 0 Å². The quantitative estimate of drug-likeness (QED) is 0.652. The molecule has 7 heteroatoms. The van der Waals surface area contributed by atoms with Crippen molar-refractivity contribution in [2.75, 3.05) is 18.9 Å². The number of amides is 1. The third-order valence-corrected chi connectivity index (χ3v) is 5.82. The Bertz CT molecular complexity index is 1170. The molecule has 3 aromatic rings. The van der Waals surface area contributed by atoms with Crippen molar-refractivity contribution < 1.29 is 13.2 Å². The molecule has 0 aliphatic rings. The summed E-state index contributed by atoms with van der Waals surface area (Å²) in [4.78, 5) is 14.4. The molecular weight excluding hydrogens is 386 g/mol. The van der Waals surface area contributed by atoms with Crippen molar-refractivity contribution in [2.45, 2.75) is 25.3 Å². The van der Waals surface area contributed by atoms with Gasteiger partial charge in [-0.2, -0.15) is 0 Å². The molecular formula is C22H25N3O3S. The number of hydrogen-bond donors (Lipinski definition) is 2. The normalized spacial score (nSPS) is 11.8. The van der Waals surface area contributed by atoms with Crippen LogP contribution in [-0.2, 0) is 21.4 Å². The number of carbonyl (C=O) groups excluding carboxylic acids is 1. The molecule has 0 heterocycles. The second kappa shape index (κ2) is 8.32. The van der Waals surface area contributed by atoms with Gasteiger partial charge in [-0.15, -0.1) is 0 Å². The van der Waals surface area contributed by atoms with E-state index in [-0.39, 0.29) is 17.3 Å². The average Bonchev–Trinajstić information content (AvgIpc) is 2.64. The van der Waals surface area contributed by atoms with E-state index < -0.39 is 10.0 Å². The molecule has 152 valence electrons. The first-order chi connectivity index (χ1) is 13.6. The van der Waals surface area contributed by atoms with Crippen molar-refractivity contribution in [3.8, 4) is 0 Å². The lowest BCUT2D eigenvalue weighted by Gasteiger charge is -2.18. The predicted molar refractivity (Wildman–Crippen MR) is 116 cm³/mol. The number of benzene rings is 3. The van der Waals surface area contributed by atoms with E-state index in [4.69, 9.17) is 5.14 Å². The molecule has 0 unspecified atom stereocenters. The van der Waals surface area contributed by atoms with Crippen LogP contribution in [-0.4, -0.2) is 32.8 Å². The van der Waals surface area contributed by atoms with Crippen LogP contribution in [0.1, 0.15) is 16.7 Å². The molecule has 0 atom stereocenters. The summed E-state index contributed by atoms with van der Waals surface area (Å²) < 4.78 is 23.3. The highest BCUT2D eigenvalue weighted by atomic mass is 32.2. The van der Waals surface area contributed by atoms with Gasteiger partial charge in [0, 0.05) is 12.2 Å². The highest BCUT2D eigenvalue weighted by Crippen LogP contribution is 2.23. The molecule has 6 nitrogen and oxygen atoms in total. The largest absolute Gasteiger partial charge is 0.325 e. The molecule has 0 saturated carbocycles. The summed E-state index contributed by atoms with van der Waals surface area (Å²) in [5.74, 6) is -0.220. The highest BCUT2D eigenvalue weighted by Gasteiger charge is 2.15. The van der Waals surface area contributed by atoms with Gasteiger partial charge in [-0.1, -0.05) is 36.4 Å². The maximum absolute atomic E-state index is 12.5. The number of aryl methyl sites for hydroxylation is 1. The van der Waals surface area contributed by atoms with E-state index in [9.17, 15) is 13.2 Å². The number of nitrogens with zero attached hydrogens (tertiary/aromatic N) is 1. The van der Waals surface area contributed by atoms with Crippen LogP contribution in [0.2, 0.25) is 0 Å². The second-order valence-electron chi connectivity index (χ2n) is 7.36. The number of sulfonamides is 1. The smallest absolute Gasteiger partial charge is 0.238 e. The van der Waals surface area contributed by atoms with E-state index in [1.165, 1.54) is 17.5 Å². The van der Waals surface area contributed by atoms with Crippen molar-refractivity contribution in [2.24, 2.45) is 5.14 Å². The molecule has 0 aromatic heterocycles. The monoisotopic (exact) mass is 411 g/mol. The molecule has 0 radical (unpaired) electrons. The van der Waals surface area contributed by atoms with Crippen LogP contribution in [0.4, 0.5) is 5.69 Å². The van der Waals surface area contributed by atoms with E-state index in [1.54, 1.807) is 6.92 Å². The molecule has 0 aliphatic carbocycles. The molecule has 29 heavy (non-hydrogen) atoms. The minimum absolute atomic E-state index is 0.0135. The zero-order valence-corrected chi connectivity index (χ0v) is 17.6. The van der Waals surface area contributed by atoms with Crippen molar-refractivity contribution in [3.05, 3.63) is 71.3 Å². The summed E-state index contributed by atoms with van der Waals surface area (Å²) in [5, 5.41) is 10.4. The first kappa shape index (κ1) is 21.0. The first-order valence-corrected chi connectivity index (χ1v) is 10.8. The third kappa shape index (κ3) is 5.20. The lowest BCUT2D eigenvalue weighted by atomic mass is 10.1. The molecule has 0 aliphatic heterocycles. The van der Waals surface area contributed by atoms with Crippen LogP contribution in [0, 0.1) is 13.8 Å². The van der Waals surface area contributed by atoms with Gasteiger partial charge in [0.1, 0.15) is 0 Å². The van der Waals surface area contributed by atoms with Crippen LogP contribution in [0.5, 0.6) is 0 Å². The SMILES string of the molecule is Cc1cc(S(N)(=O)=O)cc(NC(=O)CN(C)Cc2ccc3ccccc3c2)c1C. The van der Waals surface area contributed by atoms with Crippen LogP contribution in [0.3, 0.4) is 0 Å². The zero-order valence-electron chi connectivity index (χ0n) is 16.8. The highest BCUT2D eigenvalue weighted by molar-refractivity contribution is 7.89. The Labute approximate surface area is 171 Å². The van der Waals surface area contributed by atoms with Gasteiger partial charge in [-0.25, -0.2) is 13.6 Å². The summed E-state index contributed by atoms with van der Waals surface area (Å²) in [6, 6.07) is 17.3. The Hall–Kier alpha value is -2.74. The molecule has 0 saturated heterocycles. The number of carbonyl (C=O) groups is 1. The third-order valence-electron chi connectivity index (χ3n) is 4.92. The van der Waals surface area contributed by atoms with E-state index in [0.717, 1.165) is 22.1 Å². The summed E-state index contributed by atoms with van der Waals surface area (Å²) in [6.07, 6.45) is 0. The Balaban J connectivity index is 1.69. The average molecular weight is 412 g/mol. The number of nitrogens with two attached hydrogens (primary N) is 1. The maximum atomic E-state index is 12.5. The minimum Gasteiger partial charge on any atom is -0.325 e. The van der Waals surface area contributed by atoms with Gasteiger partial charge >= 0.3 is 0 Å². The fourth-order valence-corrected chi connectivity index (χ4v) is 3.88. The van der Waals surface area contributed by atoms with Gasteiger partial charge in [0.2, 0.25) is 15.9 Å². The van der Waals surface area contributed by atoms with E-state index in [0.29, 0.717) is 12.2 Å². The van der Waals surface area contributed by atoms with Crippen LogP contribution in [0.15, 0.2) is 59.5 Å². The molecule has 1 amide bonds. The summed E-state index contributed by atoms with van der Waals surface area (Å²) in [6.45, 7) is 4.40. The van der Waals surface area contributed by atoms with Crippen LogP contribution in [0.25, 0.3) is 10.8 Å². The number of fused-ring (bicyclic) bond motifs is 1. The number of likely N-dealkylation sites (N-methyl/N-ethyl adjacent to an activating group) is 1. The van der Waals surface area contributed by atoms with Gasteiger partial charge in [-0.3, -0.25) is 9.69 Å². The molecule has 0 spiro atoms. The number of nitrogens with one attached hydrogen (secondary N) is 1. The maximum Gasteiger partial charge on any atom is 0.238 e. The van der Waals surface area contributed by atoms with Crippen molar-refractivity contribution in [1.82, 2.24) is 4.90 Å². The van der Waals surface area contributed by atoms with Crippen molar-refractivity contribution in [1.29, 1.82) is 0 Å². The lowest BCUT2D eigenvalue weighted by Crippen LogP contribution is -2.30. The Morgan fingerprint density at radius 3 is 2.41 bits per heavy atom. The number of hydrogen-bond acceptors (Lipinski definition) is 4.